The van der Waals surface area contributed by atoms with E-state index in [2.05, 4.69) is 24.0 Å². The summed E-state index contributed by atoms with van der Waals surface area (Å²) in [5.74, 6) is 0.658. The number of carbonyl (C=O) groups excluding carboxylic acids is 1. The Morgan fingerprint density at radius 1 is 0.974 bits per heavy atom. The number of aromatic nitrogens is 2. The van der Waals surface area contributed by atoms with Crippen molar-refractivity contribution in [1.82, 2.24) is 10.2 Å². The standard InChI is InChI=1S/C30H25N3O4S/c1-18(2)15-24-31-32-30(38-24)33-26(20-11-8-12-21(16-20)36-17-19-9-4-3-5-10-19)25-27(34)22-13-6-7-14-23(22)37-28(25)29(33)35/h3-14,16,18,26H,15,17H2,1-2H3. The van der Waals surface area contributed by atoms with E-state index in [-0.39, 0.29) is 11.2 Å². The number of hydrogen-bond acceptors (Lipinski definition) is 7. The molecule has 2 aromatic heterocycles. The quantitative estimate of drug-likeness (QED) is 0.254. The highest BCUT2D eigenvalue weighted by atomic mass is 32.1. The van der Waals surface area contributed by atoms with Gasteiger partial charge in [-0.1, -0.05) is 79.8 Å². The molecule has 38 heavy (non-hydrogen) atoms. The number of hydrogen-bond donors (Lipinski definition) is 0. The number of rotatable bonds is 7. The van der Waals surface area contributed by atoms with Crippen LogP contribution >= 0.6 is 11.3 Å². The molecule has 0 fully saturated rings. The second-order valence-corrected chi connectivity index (χ2v) is 10.7. The van der Waals surface area contributed by atoms with Gasteiger partial charge >= 0.3 is 0 Å². The Morgan fingerprint density at radius 2 is 1.76 bits per heavy atom. The Kier molecular flexibility index (Phi) is 6.25. The monoisotopic (exact) mass is 523 g/mol. The average molecular weight is 524 g/mol. The van der Waals surface area contributed by atoms with Crippen LogP contribution in [0.25, 0.3) is 11.0 Å². The van der Waals surface area contributed by atoms with Crippen LogP contribution in [0.5, 0.6) is 5.75 Å². The van der Waals surface area contributed by atoms with E-state index in [9.17, 15) is 9.59 Å². The fourth-order valence-corrected chi connectivity index (χ4v) is 5.80. The molecule has 0 aliphatic carbocycles. The molecule has 6 rings (SSSR count). The van der Waals surface area contributed by atoms with E-state index in [4.69, 9.17) is 9.15 Å². The first kappa shape index (κ1) is 24.1. The van der Waals surface area contributed by atoms with Gasteiger partial charge in [0.2, 0.25) is 10.9 Å². The van der Waals surface area contributed by atoms with Crippen molar-refractivity contribution >= 4 is 33.3 Å². The van der Waals surface area contributed by atoms with Crippen LogP contribution in [0, 0.1) is 5.92 Å². The highest BCUT2D eigenvalue weighted by Gasteiger charge is 2.45. The maximum Gasteiger partial charge on any atom is 0.297 e. The Bertz CT molecular complexity index is 1690. The predicted molar refractivity (Wildman–Crippen MR) is 147 cm³/mol. The molecule has 190 valence electrons. The smallest absolute Gasteiger partial charge is 0.297 e. The predicted octanol–water partition coefficient (Wildman–Crippen LogP) is 6.17. The fourth-order valence-electron chi connectivity index (χ4n) is 4.72. The maximum absolute atomic E-state index is 13.8. The fraction of sp³-hybridized carbons (Fsp3) is 0.200. The van der Waals surface area contributed by atoms with E-state index in [0.717, 1.165) is 22.6 Å². The second kappa shape index (κ2) is 9.87. The van der Waals surface area contributed by atoms with Crippen LogP contribution in [0.3, 0.4) is 0 Å². The van der Waals surface area contributed by atoms with E-state index in [1.807, 2.05) is 54.6 Å². The van der Waals surface area contributed by atoms with Gasteiger partial charge in [-0.3, -0.25) is 14.5 Å². The summed E-state index contributed by atoms with van der Waals surface area (Å²) in [6.07, 6.45) is 0.751. The number of carbonyl (C=O) groups is 1. The third-order valence-corrected chi connectivity index (χ3v) is 7.39. The van der Waals surface area contributed by atoms with Crippen LogP contribution in [-0.2, 0) is 13.0 Å². The van der Waals surface area contributed by atoms with Gasteiger partial charge in [0, 0.05) is 6.42 Å². The van der Waals surface area contributed by atoms with Crippen molar-refractivity contribution in [2.75, 3.05) is 4.90 Å². The van der Waals surface area contributed by atoms with Crippen molar-refractivity contribution < 1.29 is 13.9 Å². The van der Waals surface area contributed by atoms with Gasteiger partial charge in [-0.15, -0.1) is 10.2 Å². The molecule has 1 unspecified atom stereocenters. The summed E-state index contributed by atoms with van der Waals surface area (Å²) in [5.41, 5.74) is 2.22. The number of anilines is 1. The molecule has 1 amide bonds. The summed E-state index contributed by atoms with van der Waals surface area (Å²) in [4.78, 5) is 29.1. The molecule has 0 saturated heterocycles. The minimum atomic E-state index is -0.724. The summed E-state index contributed by atoms with van der Waals surface area (Å²) >= 11 is 1.36. The highest BCUT2D eigenvalue weighted by molar-refractivity contribution is 7.15. The van der Waals surface area contributed by atoms with Crippen molar-refractivity contribution in [3.63, 3.8) is 0 Å². The molecule has 3 heterocycles. The number of fused-ring (bicyclic) bond motifs is 2. The molecule has 8 heteroatoms. The van der Waals surface area contributed by atoms with Gasteiger partial charge < -0.3 is 9.15 Å². The van der Waals surface area contributed by atoms with Gasteiger partial charge in [-0.25, -0.2) is 0 Å². The van der Waals surface area contributed by atoms with Gasteiger partial charge in [-0.2, -0.15) is 0 Å². The topological polar surface area (TPSA) is 85.5 Å². The molecule has 0 saturated carbocycles. The maximum atomic E-state index is 13.8. The molecule has 0 bridgehead atoms. The lowest BCUT2D eigenvalue weighted by atomic mass is 9.98. The first-order valence-electron chi connectivity index (χ1n) is 12.5. The van der Waals surface area contributed by atoms with Gasteiger partial charge in [0.25, 0.3) is 5.91 Å². The van der Waals surface area contributed by atoms with Gasteiger partial charge in [0.1, 0.15) is 22.9 Å². The van der Waals surface area contributed by atoms with Gasteiger partial charge in [0.05, 0.1) is 17.0 Å². The van der Waals surface area contributed by atoms with E-state index in [0.29, 0.717) is 39.9 Å². The third-order valence-electron chi connectivity index (χ3n) is 6.44. The van der Waals surface area contributed by atoms with Crippen LogP contribution < -0.4 is 15.1 Å². The highest BCUT2D eigenvalue weighted by Crippen LogP contribution is 2.43. The first-order valence-corrected chi connectivity index (χ1v) is 13.3. The van der Waals surface area contributed by atoms with Crippen molar-refractivity contribution in [2.45, 2.75) is 32.9 Å². The van der Waals surface area contributed by atoms with Crippen molar-refractivity contribution in [3.05, 3.63) is 117 Å². The van der Waals surface area contributed by atoms with Crippen molar-refractivity contribution in [3.8, 4) is 5.75 Å². The summed E-state index contributed by atoms with van der Waals surface area (Å²) in [5, 5.41) is 10.4. The molecule has 1 atom stereocenters. The lowest BCUT2D eigenvalue weighted by molar-refractivity contribution is 0.0970. The van der Waals surface area contributed by atoms with Crippen LogP contribution in [0.15, 0.2) is 88.1 Å². The molecular weight excluding hydrogens is 498 g/mol. The number of ether oxygens (including phenoxy) is 1. The zero-order valence-electron chi connectivity index (χ0n) is 21.0. The largest absolute Gasteiger partial charge is 0.489 e. The molecule has 1 aliphatic rings. The molecule has 0 radical (unpaired) electrons. The molecule has 0 N–H and O–H groups in total. The summed E-state index contributed by atoms with van der Waals surface area (Å²) < 4.78 is 12.1. The Balaban J connectivity index is 1.46. The summed E-state index contributed by atoms with van der Waals surface area (Å²) in [6, 6.07) is 23.6. The Labute approximate surface area is 223 Å². The number of nitrogens with zero attached hydrogens (tertiary/aromatic N) is 3. The van der Waals surface area contributed by atoms with E-state index in [1.54, 1.807) is 24.3 Å². The molecule has 5 aromatic rings. The second-order valence-electron chi connectivity index (χ2n) is 9.67. The van der Waals surface area contributed by atoms with Crippen LogP contribution in [-0.4, -0.2) is 16.1 Å². The van der Waals surface area contributed by atoms with E-state index in [1.165, 1.54) is 16.2 Å². The van der Waals surface area contributed by atoms with Crippen LogP contribution in [0.1, 0.15) is 52.1 Å². The third kappa shape index (κ3) is 4.37. The molecule has 7 nitrogen and oxygen atoms in total. The minimum absolute atomic E-state index is 0.0370. The zero-order valence-corrected chi connectivity index (χ0v) is 21.8. The zero-order chi connectivity index (χ0) is 26.2. The average Bonchev–Trinajstić information content (AvgIpc) is 3.50. The Morgan fingerprint density at radius 3 is 2.58 bits per heavy atom. The summed E-state index contributed by atoms with van der Waals surface area (Å²) in [6.45, 7) is 4.61. The lowest BCUT2D eigenvalue weighted by Gasteiger charge is -2.22. The normalized spacial score (nSPS) is 14.9. The van der Waals surface area contributed by atoms with Gasteiger partial charge in [0.15, 0.2) is 5.43 Å². The molecule has 1 aliphatic heterocycles. The molecular formula is C30H25N3O4S. The first-order chi connectivity index (χ1) is 18.5. The number of para-hydroxylation sites is 1. The van der Waals surface area contributed by atoms with Gasteiger partial charge in [-0.05, 0) is 41.3 Å². The summed E-state index contributed by atoms with van der Waals surface area (Å²) in [7, 11) is 0. The van der Waals surface area contributed by atoms with Crippen molar-refractivity contribution in [1.29, 1.82) is 0 Å². The lowest BCUT2D eigenvalue weighted by Crippen LogP contribution is -2.29. The molecule has 3 aromatic carbocycles. The molecule has 0 spiro atoms. The van der Waals surface area contributed by atoms with E-state index < -0.39 is 11.9 Å². The van der Waals surface area contributed by atoms with Crippen molar-refractivity contribution in [2.24, 2.45) is 5.92 Å². The number of amides is 1. The minimum Gasteiger partial charge on any atom is -0.489 e. The Hall–Kier alpha value is -4.30. The number of benzene rings is 3. The van der Waals surface area contributed by atoms with Crippen LogP contribution in [0.2, 0.25) is 0 Å². The van der Waals surface area contributed by atoms with E-state index >= 15 is 0 Å². The van der Waals surface area contributed by atoms with Crippen LogP contribution in [0.4, 0.5) is 5.13 Å². The SMILES string of the molecule is CC(C)Cc1nnc(N2C(=O)c3oc4ccccc4c(=O)c3C2c2cccc(OCc3ccccc3)c2)s1.